The van der Waals surface area contributed by atoms with Gasteiger partial charge in [0.2, 0.25) is 5.91 Å². The van der Waals surface area contributed by atoms with Crippen molar-refractivity contribution in [3.63, 3.8) is 0 Å². The molecule has 0 unspecified atom stereocenters. The highest BCUT2D eigenvalue weighted by Crippen LogP contribution is 2.35. The Morgan fingerprint density at radius 1 is 1.14 bits per heavy atom. The second-order valence-electron chi connectivity index (χ2n) is 7.46. The first-order valence-corrected chi connectivity index (χ1v) is 10.1. The smallest absolute Gasteiger partial charge is 0.221 e. The number of aromatic nitrogens is 1. The van der Waals surface area contributed by atoms with E-state index >= 15 is 0 Å². The SMILES string of the molecule is CCc1cccc2c([C@H](CC(=O)NCc3ccco3)c3cccc(C)c3)c[nH]c12. The summed E-state index contributed by atoms with van der Waals surface area (Å²) in [6, 6.07) is 18.5. The van der Waals surface area contributed by atoms with Crippen LogP contribution in [-0.4, -0.2) is 10.9 Å². The first kappa shape index (κ1) is 19.1. The van der Waals surface area contributed by atoms with Crippen LogP contribution in [0, 0.1) is 6.92 Å². The van der Waals surface area contributed by atoms with Gasteiger partial charge in [-0.1, -0.05) is 55.0 Å². The third-order valence-corrected chi connectivity index (χ3v) is 5.46. The van der Waals surface area contributed by atoms with Gasteiger partial charge in [-0.25, -0.2) is 0 Å². The lowest BCUT2D eigenvalue weighted by molar-refractivity contribution is -0.121. The molecular formula is C25H26N2O2. The molecule has 148 valence electrons. The number of carbonyl (C=O) groups excluding carboxylic acids is 1. The number of rotatable bonds is 7. The van der Waals surface area contributed by atoms with E-state index in [4.69, 9.17) is 4.42 Å². The van der Waals surface area contributed by atoms with Gasteiger partial charge in [-0.15, -0.1) is 0 Å². The number of aromatic amines is 1. The Hall–Kier alpha value is -3.27. The number of H-pyrrole nitrogens is 1. The maximum absolute atomic E-state index is 12.8. The van der Waals surface area contributed by atoms with Gasteiger partial charge in [-0.2, -0.15) is 0 Å². The molecule has 0 aliphatic rings. The van der Waals surface area contributed by atoms with Gasteiger partial charge in [0.25, 0.3) is 0 Å². The van der Waals surface area contributed by atoms with Crippen molar-refractivity contribution in [3.8, 4) is 0 Å². The van der Waals surface area contributed by atoms with Crippen LogP contribution in [0.3, 0.4) is 0 Å². The number of amides is 1. The second kappa shape index (κ2) is 8.39. The first-order chi connectivity index (χ1) is 14.2. The van der Waals surface area contributed by atoms with E-state index in [-0.39, 0.29) is 11.8 Å². The predicted molar refractivity (Wildman–Crippen MR) is 116 cm³/mol. The number of aryl methyl sites for hydroxylation is 2. The average molecular weight is 386 g/mol. The maximum atomic E-state index is 12.8. The predicted octanol–water partition coefficient (Wildman–Crippen LogP) is 5.47. The van der Waals surface area contributed by atoms with E-state index in [0.29, 0.717) is 13.0 Å². The molecule has 1 atom stereocenters. The molecule has 0 radical (unpaired) electrons. The molecular weight excluding hydrogens is 360 g/mol. The maximum Gasteiger partial charge on any atom is 0.221 e. The number of carbonyl (C=O) groups is 1. The van der Waals surface area contributed by atoms with Gasteiger partial charge in [-0.05, 0) is 42.2 Å². The second-order valence-corrected chi connectivity index (χ2v) is 7.46. The minimum atomic E-state index is -0.0210. The molecule has 0 saturated carbocycles. The molecule has 2 N–H and O–H groups in total. The molecule has 2 aromatic carbocycles. The van der Waals surface area contributed by atoms with Crippen LogP contribution in [0.5, 0.6) is 0 Å². The minimum absolute atomic E-state index is 0.00824. The number of furan rings is 1. The highest BCUT2D eigenvalue weighted by atomic mass is 16.3. The van der Waals surface area contributed by atoms with Crippen molar-refractivity contribution in [3.05, 3.63) is 95.1 Å². The van der Waals surface area contributed by atoms with E-state index < -0.39 is 0 Å². The van der Waals surface area contributed by atoms with Gasteiger partial charge in [0, 0.05) is 29.4 Å². The molecule has 0 bridgehead atoms. The molecule has 0 saturated heterocycles. The van der Waals surface area contributed by atoms with E-state index in [1.165, 1.54) is 22.0 Å². The molecule has 4 rings (SSSR count). The molecule has 0 aliphatic heterocycles. The van der Waals surface area contributed by atoms with Crippen molar-refractivity contribution in [1.82, 2.24) is 10.3 Å². The molecule has 4 aromatic rings. The van der Waals surface area contributed by atoms with Gasteiger partial charge in [0.15, 0.2) is 0 Å². The fourth-order valence-electron chi connectivity index (χ4n) is 3.97. The van der Waals surface area contributed by atoms with Gasteiger partial charge in [-0.3, -0.25) is 4.79 Å². The van der Waals surface area contributed by atoms with Gasteiger partial charge in [0.1, 0.15) is 5.76 Å². The molecule has 0 spiro atoms. The fourth-order valence-corrected chi connectivity index (χ4v) is 3.97. The van der Waals surface area contributed by atoms with Crippen molar-refractivity contribution in [1.29, 1.82) is 0 Å². The summed E-state index contributed by atoms with van der Waals surface area (Å²) in [4.78, 5) is 16.3. The monoisotopic (exact) mass is 386 g/mol. The number of para-hydroxylation sites is 1. The standard InChI is InChI=1S/C25H26N2O2/c1-3-18-8-5-11-21-23(16-27-25(18)21)22(19-9-4-7-17(2)13-19)14-24(28)26-15-20-10-6-12-29-20/h4-13,16,22,27H,3,14-15H2,1-2H3,(H,26,28)/t22-/m1/s1. The number of benzene rings is 2. The highest BCUT2D eigenvalue weighted by molar-refractivity contribution is 5.88. The number of fused-ring (bicyclic) bond motifs is 1. The van der Waals surface area contributed by atoms with Gasteiger partial charge >= 0.3 is 0 Å². The van der Waals surface area contributed by atoms with Crippen molar-refractivity contribution in [2.75, 3.05) is 0 Å². The summed E-state index contributed by atoms with van der Waals surface area (Å²) in [5, 5.41) is 4.18. The van der Waals surface area contributed by atoms with Gasteiger partial charge in [0.05, 0.1) is 12.8 Å². The van der Waals surface area contributed by atoms with E-state index in [2.05, 4.69) is 72.8 Å². The summed E-state index contributed by atoms with van der Waals surface area (Å²) in [5.41, 5.74) is 5.96. The fraction of sp³-hybridized carbons (Fsp3) is 0.240. The van der Waals surface area contributed by atoms with E-state index in [0.717, 1.165) is 23.3 Å². The quantitative estimate of drug-likeness (QED) is 0.442. The number of hydrogen-bond donors (Lipinski definition) is 2. The summed E-state index contributed by atoms with van der Waals surface area (Å²) in [5.74, 6) is 0.742. The average Bonchev–Trinajstić information content (AvgIpc) is 3.40. The Morgan fingerprint density at radius 3 is 2.76 bits per heavy atom. The largest absolute Gasteiger partial charge is 0.467 e. The summed E-state index contributed by atoms with van der Waals surface area (Å²) in [6.45, 7) is 4.65. The van der Waals surface area contributed by atoms with E-state index in [9.17, 15) is 4.79 Å². The Balaban J connectivity index is 1.67. The highest BCUT2D eigenvalue weighted by Gasteiger charge is 2.22. The third kappa shape index (κ3) is 4.11. The van der Waals surface area contributed by atoms with Crippen LogP contribution in [0.2, 0.25) is 0 Å². The molecule has 0 fully saturated rings. The van der Waals surface area contributed by atoms with Crippen LogP contribution >= 0.6 is 0 Å². The summed E-state index contributed by atoms with van der Waals surface area (Å²) in [7, 11) is 0. The molecule has 2 aromatic heterocycles. The summed E-state index contributed by atoms with van der Waals surface area (Å²) >= 11 is 0. The third-order valence-electron chi connectivity index (χ3n) is 5.46. The summed E-state index contributed by atoms with van der Waals surface area (Å²) < 4.78 is 5.32. The molecule has 2 heterocycles. The van der Waals surface area contributed by atoms with Crippen molar-refractivity contribution in [2.24, 2.45) is 0 Å². The zero-order valence-corrected chi connectivity index (χ0v) is 16.9. The van der Waals surface area contributed by atoms with Crippen LogP contribution in [-0.2, 0) is 17.8 Å². The first-order valence-electron chi connectivity index (χ1n) is 10.1. The zero-order chi connectivity index (χ0) is 20.2. The Kier molecular flexibility index (Phi) is 5.52. The van der Waals surface area contributed by atoms with Crippen LogP contribution in [0.4, 0.5) is 0 Å². The zero-order valence-electron chi connectivity index (χ0n) is 16.9. The number of hydrogen-bond acceptors (Lipinski definition) is 2. The Labute approximate surface area is 170 Å². The van der Waals surface area contributed by atoms with E-state index in [1.807, 2.05) is 12.1 Å². The van der Waals surface area contributed by atoms with Crippen LogP contribution in [0.25, 0.3) is 10.9 Å². The molecule has 4 heteroatoms. The molecule has 1 amide bonds. The molecule has 4 nitrogen and oxygen atoms in total. The van der Waals surface area contributed by atoms with Crippen molar-refractivity contribution < 1.29 is 9.21 Å². The summed E-state index contributed by atoms with van der Waals surface area (Å²) in [6.07, 6.45) is 5.04. The van der Waals surface area contributed by atoms with Crippen LogP contribution in [0.1, 0.15) is 47.3 Å². The lowest BCUT2D eigenvalue weighted by atomic mass is 9.87. The van der Waals surface area contributed by atoms with Crippen LogP contribution < -0.4 is 5.32 Å². The topological polar surface area (TPSA) is 58.0 Å². The minimum Gasteiger partial charge on any atom is -0.467 e. The van der Waals surface area contributed by atoms with Gasteiger partial charge < -0.3 is 14.7 Å². The number of nitrogens with one attached hydrogen (secondary N) is 2. The molecule has 0 aliphatic carbocycles. The Bertz CT molecular complexity index is 1110. The Morgan fingerprint density at radius 2 is 2.00 bits per heavy atom. The lowest BCUT2D eigenvalue weighted by Crippen LogP contribution is -2.24. The molecule has 29 heavy (non-hydrogen) atoms. The van der Waals surface area contributed by atoms with Crippen LogP contribution in [0.15, 0.2) is 71.5 Å². The van der Waals surface area contributed by atoms with Crippen molar-refractivity contribution >= 4 is 16.8 Å². The van der Waals surface area contributed by atoms with Crippen molar-refractivity contribution in [2.45, 2.75) is 39.2 Å². The normalized spacial score (nSPS) is 12.2. The van der Waals surface area contributed by atoms with E-state index in [1.54, 1.807) is 6.26 Å². The lowest BCUT2D eigenvalue weighted by Gasteiger charge is -2.18.